The maximum Gasteiger partial charge on any atom is 0.317 e. The maximum atomic E-state index is 10.4. The molecule has 0 aromatic heterocycles. The topological polar surface area (TPSA) is 147 Å². The Labute approximate surface area is 113 Å². The van der Waals surface area contributed by atoms with Crippen LogP contribution in [0.5, 0.6) is 0 Å². The molecule has 9 nitrogen and oxygen atoms in total. The fourth-order valence-corrected chi connectivity index (χ4v) is 1.08. The summed E-state index contributed by atoms with van der Waals surface area (Å²) in [7, 11) is 0. The van der Waals surface area contributed by atoms with Gasteiger partial charge in [-0.2, -0.15) is 0 Å². The minimum atomic E-state index is -1.32. The summed E-state index contributed by atoms with van der Waals surface area (Å²) in [5, 5.41) is 36.8. The molecule has 0 bridgehead atoms. The first-order valence-electron chi connectivity index (χ1n) is 4.60. The number of carbonyl (C=O) groups is 3. The van der Waals surface area contributed by atoms with Gasteiger partial charge in [-0.05, 0) is 0 Å². The van der Waals surface area contributed by atoms with Gasteiger partial charge in [0, 0.05) is 23.6 Å². The van der Waals surface area contributed by atoms with Gasteiger partial charge in [0.25, 0.3) is 0 Å². The van der Waals surface area contributed by atoms with Crippen molar-refractivity contribution in [1.82, 2.24) is 10.2 Å². The number of aliphatic hydroxyl groups excluding tert-OH is 1. The van der Waals surface area contributed by atoms with Crippen LogP contribution < -0.4 is 5.32 Å². The number of nitrogens with one attached hydrogen (secondary N) is 1. The van der Waals surface area contributed by atoms with Crippen LogP contribution in [0.4, 0.5) is 0 Å². The number of hydrogen-bond acceptors (Lipinski definition) is 6. The van der Waals surface area contributed by atoms with Gasteiger partial charge < -0.3 is 20.4 Å². The summed E-state index contributed by atoms with van der Waals surface area (Å²) in [5.74, 6) is -3.67. The summed E-state index contributed by atoms with van der Waals surface area (Å²) in [6.45, 7) is -1.92. The molecule has 0 aliphatic heterocycles. The van der Waals surface area contributed by atoms with E-state index in [9.17, 15) is 19.5 Å². The second-order valence-corrected chi connectivity index (χ2v) is 3.25. The van der Waals surface area contributed by atoms with Crippen molar-refractivity contribution in [2.75, 3.05) is 26.2 Å². The Kier molecular flexibility index (Phi) is 10.4. The predicted molar refractivity (Wildman–Crippen MR) is 53.4 cm³/mol. The zero-order chi connectivity index (χ0) is 13.4. The van der Waals surface area contributed by atoms with Crippen LogP contribution in [0.2, 0.25) is 0 Å². The van der Waals surface area contributed by atoms with Crippen molar-refractivity contribution in [3.05, 3.63) is 0 Å². The van der Waals surface area contributed by atoms with Crippen molar-refractivity contribution in [2.24, 2.45) is 0 Å². The molecule has 0 aliphatic carbocycles. The van der Waals surface area contributed by atoms with Gasteiger partial charge in [-0.15, -0.1) is 0 Å². The van der Waals surface area contributed by atoms with Gasteiger partial charge in [-0.25, -0.2) is 0 Å². The number of nitrogens with zero attached hydrogens (tertiary/aromatic N) is 1. The largest absolute Gasteiger partial charge is 0.480 e. The van der Waals surface area contributed by atoms with Gasteiger partial charge in [0.2, 0.25) is 0 Å². The standard InChI is InChI=1S/C8H14N2O7.Fe/c11-5(9-1-6(12)13)2-10(3-7(14)15)4-8(16)17;/h5,9,11H,1-4H2,(H,12,13)(H,14,15)(H,16,17);. The predicted octanol–water partition coefficient (Wildman–Crippen LogP) is -2.55. The van der Waals surface area contributed by atoms with Crippen LogP contribution in [0.3, 0.4) is 0 Å². The molecule has 0 aromatic rings. The average Bonchev–Trinajstić information content (AvgIpc) is 2.12. The van der Waals surface area contributed by atoms with Crippen molar-refractivity contribution >= 4 is 17.9 Å². The van der Waals surface area contributed by atoms with Gasteiger partial charge in [0.1, 0.15) is 6.23 Å². The molecule has 0 saturated carbocycles. The van der Waals surface area contributed by atoms with Crippen LogP contribution in [0.15, 0.2) is 0 Å². The molecule has 18 heavy (non-hydrogen) atoms. The Morgan fingerprint density at radius 3 is 1.78 bits per heavy atom. The van der Waals surface area contributed by atoms with Crippen molar-refractivity contribution in [3.63, 3.8) is 0 Å². The third kappa shape index (κ3) is 11.3. The summed E-state index contributed by atoms with van der Waals surface area (Å²) in [5.41, 5.74) is 0. The molecule has 0 aromatic carbocycles. The van der Waals surface area contributed by atoms with Gasteiger partial charge in [0.05, 0.1) is 19.6 Å². The molecule has 5 N–H and O–H groups in total. The number of rotatable bonds is 9. The molecule has 1 atom stereocenters. The van der Waals surface area contributed by atoms with E-state index >= 15 is 0 Å². The average molecular weight is 306 g/mol. The van der Waals surface area contributed by atoms with E-state index in [1.807, 2.05) is 0 Å². The van der Waals surface area contributed by atoms with E-state index in [-0.39, 0.29) is 23.6 Å². The van der Waals surface area contributed by atoms with E-state index in [2.05, 4.69) is 5.32 Å². The van der Waals surface area contributed by atoms with E-state index < -0.39 is 43.8 Å². The van der Waals surface area contributed by atoms with Crippen LogP contribution in [0, 0.1) is 0 Å². The van der Waals surface area contributed by atoms with Crippen LogP contribution in [-0.4, -0.2) is 75.6 Å². The van der Waals surface area contributed by atoms with Crippen LogP contribution in [-0.2, 0) is 31.5 Å². The van der Waals surface area contributed by atoms with Crippen molar-refractivity contribution in [3.8, 4) is 0 Å². The number of hydrogen-bond donors (Lipinski definition) is 5. The van der Waals surface area contributed by atoms with E-state index in [0.717, 1.165) is 4.90 Å². The number of carboxylic acid groups (broad SMARTS) is 3. The molecule has 0 amide bonds. The Hall–Kier alpha value is -1.19. The molecular weight excluding hydrogens is 292 g/mol. The number of carboxylic acids is 3. The summed E-state index contributed by atoms with van der Waals surface area (Å²) in [6.07, 6.45) is -1.32. The molecule has 0 saturated heterocycles. The quantitative estimate of drug-likeness (QED) is 0.229. The second kappa shape index (κ2) is 9.80. The van der Waals surface area contributed by atoms with E-state index in [1.54, 1.807) is 0 Å². The molecule has 0 aliphatic rings. The molecule has 0 heterocycles. The third-order valence-electron chi connectivity index (χ3n) is 1.64. The first kappa shape index (κ1) is 19.2. The van der Waals surface area contributed by atoms with Gasteiger partial charge >= 0.3 is 17.9 Å². The van der Waals surface area contributed by atoms with Crippen LogP contribution in [0.1, 0.15) is 0 Å². The van der Waals surface area contributed by atoms with Crippen molar-refractivity contribution < 1.29 is 51.9 Å². The zero-order valence-electron chi connectivity index (χ0n) is 9.22. The smallest absolute Gasteiger partial charge is 0.317 e. The Bertz CT molecular complexity index is 283. The SMILES string of the molecule is O=C(O)CNC(O)CN(CC(=O)O)CC(=O)O.[Fe]. The molecule has 10 heteroatoms. The zero-order valence-corrected chi connectivity index (χ0v) is 10.3. The fraction of sp³-hybridized carbons (Fsp3) is 0.625. The van der Waals surface area contributed by atoms with Crippen molar-refractivity contribution in [1.29, 1.82) is 0 Å². The Morgan fingerprint density at radius 2 is 1.44 bits per heavy atom. The Morgan fingerprint density at radius 1 is 1.00 bits per heavy atom. The minimum Gasteiger partial charge on any atom is -0.480 e. The summed E-state index contributed by atoms with van der Waals surface area (Å²) >= 11 is 0. The van der Waals surface area contributed by atoms with Crippen LogP contribution >= 0.6 is 0 Å². The van der Waals surface area contributed by atoms with Crippen LogP contribution in [0.25, 0.3) is 0 Å². The second-order valence-electron chi connectivity index (χ2n) is 3.25. The minimum absolute atomic E-state index is 0. The summed E-state index contributed by atoms with van der Waals surface area (Å²) in [4.78, 5) is 31.9. The molecule has 1 unspecified atom stereocenters. The fourth-order valence-electron chi connectivity index (χ4n) is 1.08. The molecule has 0 fully saturated rings. The monoisotopic (exact) mass is 306 g/mol. The van der Waals surface area contributed by atoms with Gasteiger partial charge in [-0.3, -0.25) is 24.6 Å². The molecule has 0 radical (unpaired) electrons. The van der Waals surface area contributed by atoms with E-state index in [4.69, 9.17) is 15.3 Å². The number of aliphatic hydroxyl groups is 1. The molecule has 106 valence electrons. The normalized spacial score (nSPS) is 11.7. The maximum absolute atomic E-state index is 10.4. The molecular formula is C8H14FeN2O7. The third-order valence-corrected chi connectivity index (χ3v) is 1.64. The molecule has 0 spiro atoms. The van der Waals surface area contributed by atoms with Crippen molar-refractivity contribution in [2.45, 2.75) is 6.23 Å². The summed E-state index contributed by atoms with van der Waals surface area (Å²) < 4.78 is 0. The van der Waals surface area contributed by atoms with Gasteiger partial charge in [0.15, 0.2) is 0 Å². The van der Waals surface area contributed by atoms with E-state index in [0.29, 0.717) is 0 Å². The first-order chi connectivity index (χ1) is 7.81. The molecule has 0 rings (SSSR count). The van der Waals surface area contributed by atoms with Gasteiger partial charge in [-0.1, -0.05) is 0 Å². The summed E-state index contributed by atoms with van der Waals surface area (Å²) in [6, 6.07) is 0. The first-order valence-corrected chi connectivity index (χ1v) is 4.60. The van der Waals surface area contributed by atoms with E-state index in [1.165, 1.54) is 0 Å². The number of aliphatic carboxylic acids is 3. The Balaban J connectivity index is 0.